The number of amides is 1. The zero-order chi connectivity index (χ0) is 15.4. The normalized spacial score (nSPS) is 23.5. The monoisotopic (exact) mass is 305 g/mol. The van der Waals surface area contributed by atoms with Gasteiger partial charge in [0, 0.05) is 25.5 Å². The molecule has 22 heavy (non-hydrogen) atoms. The van der Waals surface area contributed by atoms with Crippen molar-refractivity contribution in [1.82, 2.24) is 15.2 Å². The van der Waals surface area contributed by atoms with Gasteiger partial charge in [0.05, 0.1) is 12.6 Å². The second-order valence-electron chi connectivity index (χ2n) is 5.93. The summed E-state index contributed by atoms with van der Waals surface area (Å²) in [7, 11) is 0. The van der Waals surface area contributed by atoms with Crippen LogP contribution in [0.3, 0.4) is 0 Å². The maximum absolute atomic E-state index is 12.5. The van der Waals surface area contributed by atoms with Crippen molar-refractivity contribution in [2.75, 3.05) is 19.8 Å². The Morgan fingerprint density at radius 1 is 1.41 bits per heavy atom. The van der Waals surface area contributed by atoms with E-state index in [9.17, 15) is 9.90 Å². The predicted octanol–water partition coefficient (Wildman–Crippen LogP) is 1.05. The quantitative estimate of drug-likeness (QED) is 0.869. The van der Waals surface area contributed by atoms with Crippen molar-refractivity contribution in [3.63, 3.8) is 0 Å². The fourth-order valence-corrected chi connectivity index (χ4v) is 3.38. The van der Waals surface area contributed by atoms with E-state index in [-0.39, 0.29) is 24.2 Å². The summed E-state index contributed by atoms with van der Waals surface area (Å²) in [6, 6.07) is 3.65. The second kappa shape index (κ2) is 7.07. The standard InChI is InChI=1S/C16H23N3O3/c20-15-4-1-7-17-13(15)11-18-16(21)14-3-2-8-19(14)12-5-9-22-10-6-12/h1,4,7,12,14,20H,2-3,5-6,8-11H2,(H,18,21). The third kappa shape index (κ3) is 3.39. The lowest BCUT2D eigenvalue weighted by atomic mass is 10.1. The van der Waals surface area contributed by atoms with Gasteiger partial charge in [0.15, 0.2) is 0 Å². The van der Waals surface area contributed by atoms with E-state index in [2.05, 4.69) is 15.2 Å². The van der Waals surface area contributed by atoms with Crippen molar-refractivity contribution in [3.05, 3.63) is 24.0 Å². The number of likely N-dealkylation sites (tertiary alicyclic amines) is 1. The van der Waals surface area contributed by atoms with E-state index in [4.69, 9.17) is 4.74 Å². The molecule has 3 rings (SSSR count). The van der Waals surface area contributed by atoms with E-state index in [0.717, 1.165) is 45.4 Å². The number of nitrogens with one attached hydrogen (secondary N) is 1. The molecule has 1 unspecified atom stereocenters. The van der Waals surface area contributed by atoms with Gasteiger partial charge in [-0.05, 0) is 44.4 Å². The van der Waals surface area contributed by atoms with E-state index in [1.165, 1.54) is 0 Å². The highest BCUT2D eigenvalue weighted by atomic mass is 16.5. The van der Waals surface area contributed by atoms with Crippen molar-refractivity contribution >= 4 is 5.91 Å². The van der Waals surface area contributed by atoms with Gasteiger partial charge in [0.2, 0.25) is 5.91 Å². The summed E-state index contributed by atoms with van der Waals surface area (Å²) in [5, 5.41) is 12.6. The minimum atomic E-state index is -0.0612. The van der Waals surface area contributed by atoms with Crippen molar-refractivity contribution < 1.29 is 14.6 Å². The Balaban J connectivity index is 1.57. The molecule has 2 fully saturated rings. The Morgan fingerprint density at radius 2 is 2.23 bits per heavy atom. The summed E-state index contributed by atoms with van der Waals surface area (Å²) in [5.74, 6) is 0.157. The molecule has 2 saturated heterocycles. The molecule has 0 saturated carbocycles. The number of carbonyl (C=O) groups is 1. The molecule has 1 aromatic rings. The summed E-state index contributed by atoms with van der Waals surface area (Å²) in [6.45, 7) is 2.83. The number of aromatic nitrogens is 1. The Morgan fingerprint density at radius 3 is 3.00 bits per heavy atom. The molecule has 3 heterocycles. The van der Waals surface area contributed by atoms with Crippen LogP contribution in [0.15, 0.2) is 18.3 Å². The topological polar surface area (TPSA) is 74.7 Å². The molecule has 0 aromatic carbocycles. The first-order chi connectivity index (χ1) is 10.8. The number of hydrogen-bond donors (Lipinski definition) is 2. The summed E-state index contributed by atoms with van der Waals surface area (Å²) >= 11 is 0. The number of pyridine rings is 1. The molecular weight excluding hydrogens is 282 g/mol. The van der Waals surface area contributed by atoms with Crippen LogP contribution in [0.4, 0.5) is 0 Å². The Bertz CT molecular complexity index is 517. The van der Waals surface area contributed by atoms with Gasteiger partial charge in [-0.25, -0.2) is 0 Å². The molecular formula is C16H23N3O3. The van der Waals surface area contributed by atoms with E-state index in [1.807, 2.05) is 0 Å². The molecule has 6 heteroatoms. The van der Waals surface area contributed by atoms with E-state index >= 15 is 0 Å². The van der Waals surface area contributed by atoms with Gasteiger partial charge < -0.3 is 15.2 Å². The van der Waals surface area contributed by atoms with Gasteiger partial charge in [-0.1, -0.05) is 0 Å². The first-order valence-corrected chi connectivity index (χ1v) is 8.00. The number of carbonyl (C=O) groups excluding carboxylic acids is 1. The van der Waals surface area contributed by atoms with Crippen LogP contribution >= 0.6 is 0 Å². The summed E-state index contributed by atoms with van der Waals surface area (Å²) in [4.78, 5) is 18.9. The zero-order valence-electron chi connectivity index (χ0n) is 12.7. The largest absolute Gasteiger partial charge is 0.506 e. The van der Waals surface area contributed by atoms with Crippen molar-refractivity contribution in [2.45, 2.75) is 44.3 Å². The molecule has 1 aromatic heterocycles. The highest BCUT2D eigenvalue weighted by Crippen LogP contribution is 2.25. The van der Waals surface area contributed by atoms with Crippen LogP contribution in [-0.4, -0.2) is 52.7 Å². The Kier molecular flexibility index (Phi) is 4.90. The van der Waals surface area contributed by atoms with Gasteiger partial charge in [0.1, 0.15) is 11.4 Å². The van der Waals surface area contributed by atoms with Gasteiger partial charge in [0.25, 0.3) is 0 Å². The van der Waals surface area contributed by atoms with Gasteiger partial charge in [-0.2, -0.15) is 0 Å². The zero-order valence-corrected chi connectivity index (χ0v) is 12.7. The fourth-order valence-electron chi connectivity index (χ4n) is 3.38. The average Bonchev–Trinajstić information content (AvgIpc) is 3.04. The van der Waals surface area contributed by atoms with E-state index < -0.39 is 0 Å². The fraction of sp³-hybridized carbons (Fsp3) is 0.625. The Hall–Kier alpha value is -1.66. The van der Waals surface area contributed by atoms with Gasteiger partial charge in [-0.15, -0.1) is 0 Å². The van der Waals surface area contributed by atoms with Crippen LogP contribution < -0.4 is 5.32 Å². The first kappa shape index (κ1) is 15.2. The summed E-state index contributed by atoms with van der Waals surface area (Å²) < 4.78 is 5.41. The molecule has 120 valence electrons. The lowest BCUT2D eigenvalue weighted by Gasteiger charge is -2.34. The molecule has 0 radical (unpaired) electrons. The third-order valence-electron chi connectivity index (χ3n) is 4.55. The first-order valence-electron chi connectivity index (χ1n) is 8.00. The van der Waals surface area contributed by atoms with Gasteiger partial charge in [-0.3, -0.25) is 14.7 Å². The van der Waals surface area contributed by atoms with Crippen molar-refractivity contribution in [1.29, 1.82) is 0 Å². The highest BCUT2D eigenvalue weighted by Gasteiger charge is 2.35. The number of rotatable bonds is 4. The van der Waals surface area contributed by atoms with Crippen LogP contribution in [-0.2, 0) is 16.1 Å². The lowest BCUT2D eigenvalue weighted by Crippen LogP contribution is -2.49. The molecule has 6 nitrogen and oxygen atoms in total. The average molecular weight is 305 g/mol. The molecule has 0 bridgehead atoms. The van der Waals surface area contributed by atoms with Crippen LogP contribution in [0.25, 0.3) is 0 Å². The third-order valence-corrected chi connectivity index (χ3v) is 4.55. The molecule has 0 aliphatic carbocycles. The highest BCUT2D eigenvalue weighted by molar-refractivity contribution is 5.82. The minimum Gasteiger partial charge on any atom is -0.506 e. The number of aromatic hydroxyl groups is 1. The second-order valence-corrected chi connectivity index (χ2v) is 5.93. The molecule has 0 spiro atoms. The molecule has 2 N–H and O–H groups in total. The number of nitrogens with zero attached hydrogens (tertiary/aromatic N) is 2. The van der Waals surface area contributed by atoms with Crippen LogP contribution in [0.5, 0.6) is 5.75 Å². The minimum absolute atomic E-state index is 0.0362. The van der Waals surface area contributed by atoms with Crippen molar-refractivity contribution in [3.8, 4) is 5.75 Å². The molecule has 2 aliphatic heterocycles. The van der Waals surface area contributed by atoms with Crippen molar-refractivity contribution in [2.24, 2.45) is 0 Å². The van der Waals surface area contributed by atoms with Crippen LogP contribution in [0, 0.1) is 0 Å². The van der Waals surface area contributed by atoms with Gasteiger partial charge >= 0.3 is 0 Å². The van der Waals surface area contributed by atoms with Crippen LogP contribution in [0.2, 0.25) is 0 Å². The summed E-state index contributed by atoms with van der Waals surface area (Å²) in [5.41, 5.74) is 0.506. The Labute approximate surface area is 130 Å². The number of ether oxygens (including phenoxy) is 1. The number of hydrogen-bond acceptors (Lipinski definition) is 5. The lowest BCUT2D eigenvalue weighted by molar-refractivity contribution is -0.127. The predicted molar refractivity (Wildman–Crippen MR) is 81.3 cm³/mol. The molecule has 2 aliphatic rings. The molecule has 1 amide bonds. The molecule has 1 atom stereocenters. The maximum Gasteiger partial charge on any atom is 0.237 e. The van der Waals surface area contributed by atoms with Crippen LogP contribution in [0.1, 0.15) is 31.4 Å². The maximum atomic E-state index is 12.5. The SMILES string of the molecule is O=C(NCc1ncccc1O)C1CCCN1C1CCOCC1. The van der Waals surface area contributed by atoms with E-state index in [0.29, 0.717) is 11.7 Å². The van der Waals surface area contributed by atoms with E-state index in [1.54, 1.807) is 18.3 Å². The summed E-state index contributed by atoms with van der Waals surface area (Å²) in [6.07, 6.45) is 5.59. The smallest absolute Gasteiger partial charge is 0.237 e.